The highest BCUT2D eigenvalue weighted by atomic mass is 35.5. The molecule has 0 radical (unpaired) electrons. The van der Waals surface area contributed by atoms with Gasteiger partial charge in [-0.15, -0.1) is 0 Å². The average Bonchev–Trinajstić information content (AvgIpc) is 3.58. The molecule has 3 aromatic rings. The first kappa shape index (κ1) is 31.3. The molecule has 3 atom stereocenters. The lowest BCUT2D eigenvalue weighted by atomic mass is 9.79. The summed E-state index contributed by atoms with van der Waals surface area (Å²) in [5.41, 5.74) is 2.93. The summed E-state index contributed by atoms with van der Waals surface area (Å²) in [5, 5.41) is 7.63. The van der Waals surface area contributed by atoms with Crippen LogP contribution >= 0.6 is 11.6 Å². The van der Waals surface area contributed by atoms with E-state index in [1.54, 1.807) is 11.1 Å². The third-order valence-electron chi connectivity index (χ3n) is 8.43. The number of imidazole rings is 1. The molecule has 226 valence electrons. The predicted molar refractivity (Wildman–Crippen MR) is 159 cm³/mol. The van der Waals surface area contributed by atoms with Gasteiger partial charge in [0.25, 0.3) is 6.47 Å². The van der Waals surface area contributed by atoms with Gasteiger partial charge in [0.05, 0.1) is 11.7 Å². The second-order valence-electron chi connectivity index (χ2n) is 11.1. The van der Waals surface area contributed by atoms with Crippen molar-refractivity contribution >= 4 is 35.7 Å². The Morgan fingerprint density at radius 1 is 1.17 bits per heavy atom. The van der Waals surface area contributed by atoms with Crippen LogP contribution in [-0.2, 0) is 27.4 Å². The van der Waals surface area contributed by atoms with Crippen molar-refractivity contribution in [2.75, 3.05) is 20.1 Å². The normalized spacial score (nSPS) is 21.5. The minimum absolute atomic E-state index is 0.0724. The number of carbonyl (C=O) groups excluding carboxylic acids is 2. The van der Waals surface area contributed by atoms with Crippen LogP contribution in [0, 0.1) is 11.8 Å². The van der Waals surface area contributed by atoms with E-state index in [2.05, 4.69) is 23.8 Å². The maximum absolute atomic E-state index is 13.5. The quantitative estimate of drug-likeness (QED) is 0.412. The van der Waals surface area contributed by atoms with Crippen LogP contribution in [-0.4, -0.2) is 67.7 Å². The van der Waals surface area contributed by atoms with E-state index in [1.807, 2.05) is 46.9 Å². The van der Waals surface area contributed by atoms with Gasteiger partial charge in [-0.05, 0) is 62.3 Å². The van der Waals surface area contributed by atoms with Crippen LogP contribution in [0.15, 0.2) is 36.8 Å². The fraction of sp³-hybridized carbons (Fsp3) is 0.516. The number of nitrogens with zero attached hydrogens (tertiary/aromatic N) is 5. The molecule has 1 saturated carbocycles. The summed E-state index contributed by atoms with van der Waals surface area (Å²) in [6, 6.07) is 5.61. The molecule has 0 bridgehead atoms. The molecule has 42 heavy (non-hydrogen) atoms. The number of carboxylic acid groups (broad SMARTS) is 1. The molecule has 2 aromatic heterocycles. The van der Waals surface area contributed by atoms with Gasteiger partial charge in [0.2, 0.25) is 17.6 Å². The average molecular weight is 598 g/mol. The Labute approximate surface area is 251 Å². The summed E-state index contributed by atoms with van der Waals surface area (Å²) in [5.74, 6) is 2.57. The molecule has 2 aliphatic heterocycles. The second-order valence-corrected chi connectivity index (χ2v) is 11.5. The SMILES string of the molecule is CC1CCCCC1C(=O)N1CCc2c(Cl)ccc(OCc3cn4cccnc4n3)c2C1C.CN1CCCC1=O.O=CO. The van der Waals surface area contributed by atoms with Crippen LogP contribution in [0.1, 0.15) is 75.2 Å². The molecule has 4 heterocycles. The number of aromatic nitrogens is 3. The molecule has 3 aliphatic rings. The predicted octanol–water partition coefficient (Wildman–Crippen LogP) is 5.17. The standard InChI is InChI=1S/C25H29ClN4O2.C5H9NO.CH2O2/c1-16-6-3-4-7-19(16)24(31)30-13-10-20-21(26)8-9-22(23(20)17(30)2)32-15-18-14-29-12-5-11-27-25(29)28-18;1-6-4-2-3-5(6)7;2-1-3/h5,8-9,11-12,14,16-17,19H,3-4,6-7,10,13,15H2,1-2H3;2-4H2,1H3;1H,(H,2,3). The van der Waals surface area contributed by atoms with E-state index in [0.29, 0.717) is 30.8 Å². The molecule has 10 nitrogen and oxygen atoms in total. The highest BCUT2D eigenvalue weighted by Gasteiger charge is 2.37. The molecular weight excluding hydrogens is 558 g/mol. The number of hydrogen-bond acceptors (Lipinski definition) is 6. The Morgan fingerprint density at radius 3 is 2.57 bits per heavy atom. The maximum Gasteiger partial charge on any atom is 0.290 e. The molecule has 1 aliphatic carbocycles. The Morgan fingerprint density at radius 2 is 1.93 bits per heavy atom. The monoisotopic (exact) mass is 597 g/mol. The van der Waals surface area contributed by atoms with Crippen molar-refractivity contribution in [3.8, 4) is 5.75 Å². The number of hydrogen-bond donors (Lipinski definition) is 1. The lowest BCUT2D eigenvalue weighted by Crippen LogP contribution is -2.44. The summed E-state index contributed by atoms with van der Waals surface area (Å²) >= 11 is 6.57. The first-order valence-electron chi connectivity index (χ1n) is 14.6. The molecule has 1 N–H and O–H groups in total. The third kappa shape index (κ3) is 7.21. The Hall–Kier alpha value is -3.66. The molecule has 1 saturated heterocycles. The van der Waals surface area contributed by atoms with Gasteiger partial charge in [0.1, 0.15) is 12.4 Å². The zero-order valence-corrected chi connectivity index (χ0v) is 25.3. The van der Waals surface area contributed by atoms with E-state index in [4.69, 9.17) is 26.2 Å². The number of ether oxygens (including phenoxy) is 1. The van der Waals surface area contributed by atoms with E-state index in [1.165, 1.54) is 6.42 Å². The largest absolute Gasteiger partial charge is 0.487 e. The fourth-order valence-corrected chi connectivity index (χ4v) is 6.38. The maximum atomic E-state index is 13.5. The highest BCUT2D eigenvalue weighted by molar-refractivity contribution is 6.31. The molecule has 2 fully saturated rings. The Kier molecular flexibility index (Phi) is 10.8. The van der Waals surface area contributed by atoms with E-state index in [0.717, 1.165) is 72.7 Å². The van der Waals surface area contributed by atoms with Gasteiger partial charge in [-0.1, -0.05) is 31.4 Å². The number of likely N-dealkylation sites (tertiary alicyclic amines) is 1. The van der Waals surface area contributed by atoms with E-state index >= 15 is 0 Å². The molecular formula is C31H40ClN5O5. The second kappa shape index (κ2) is 14.5. The van der Waals surface area contributed by atoms with Crippen LogP contribution in [0.3, 0.4) is 0 Å². The van der Waals surface area contributed by atoms with Gasteiger partial charge in [0, 0.05) is 61.7 Å². The third-order valence-corrected chi connectivity index (χ3v) is 8.78. The number of carbonyl (C=O) groups is 3. The van der Waals surface area contributed by atoms with Crippen LogP contribution in [0.4, 0.5) is 0 Å². The van der Waals surface area contributed by atoms with Crippen molar-refractivity contribution in [2.24, 2.45) is 11.8 Å². The van der Waals surface area contributed by atoms with Crippen molar-refractivity contribution in [3.05, 3.63) is 58.6 Å². The Bertz CT molecular complexity index is 1360. The smallest absolute Gasteiger partial charge is 0.290 e. The zero-order chi connectivity index (χ0) is 30.2. The summed E-state index contributed by atoms with van der Waals surface area (Å²) in [6.07, 6.45) is 12.6. The minimum Gasteiger partial charge on any atom is -0.487 e. The minimum atomic E-state index is -0.250. The van der Waals surface area contributed by atoms with Crippen LogP contribution in [0.25, 0.3) is 5.78 Å². The van der Waals surface area contributed by atoms with E-state index < -0.39 is 0 Å². The molecule has 1 aromatic carbocycles. The lowest BCUT2D eigenvalue weighted by Gasteiger charge is -2.40. The first-order chi connectivity index (χ1) is 20.2. The number of rotatable bonds is 4. The molecule has 11 heteroatoms. The summed E-state index contributed by atoms with van der Waals surface area (Å²) < 4.78 is 8.12. The van der Waals surface area contributed by atoms with Gasteiger partial charge in [-0.3, -0.25) is 18.8 Å². The molecule has 0 spiro atoms. The summed E-state index contributed by atoms with van der Waals surface area (Å²) in [7, 11) is 1.84. The van der Waals surface area contributed by atoms with E-state index in [9.17, 15) is 9.59 Å². The van der Waals surface area contributed by atoms with Crippen molar-refractivity contribution < 1.29 is 24.2 Å². The van der Waals surface area contributed by atoms with Gasteiger partial charge < -0.3 is 19.6 Å². The highest BCUT2D eigenvalue weighted by Crippen LogP contribution is 2.42. The van der Waals surface area contributed by atoms with Gasteiger partial charge >= 0.3 is 0 Å². The number of halogens is 1. The topological polar surface area (TPSA) is 117 Å². The first-order valence-corrected chi connectivity index (χ1v) is 15.0. The van der Waals surface area contributed by atoms with Crippen molar-refractivity contribution in [1.29, 1.82) is 0 Å². The van der Waals surface area contributed by atoms with Crippen molar-refractivity contribution in [2.45, 2.75) is 71.4 Å². The van der Waals surface area contributed by atoms with Crippen LogP contribution in [0.5, 0.6) is 5.75 Å². The van der Waals surface area contributed by atoms with Crippen LogP contribution < -0.4 is 4.74 Å². The van der Waals surface area contributed by atoms with Gasteiger partial charge in [-0.25, -0.2) is 9.97 Å². The van der Waals surface area contributed by atoms with Crippen molar-refractivity contribution in [3.63, 3.8) is 0 Å². The summed E-state index contributed by atoms with van der Waals surface area (Å²) in [4.78, 5) is 45.0. The number of fused-ring (bicyclic) bond motifs is 2. The molecule has 2 amide bonds. The zero-order valence-electron chi connectivity index (χ0n) is 24.5. The number of amides is 2. The van der Waals surface area contributed by atoms with Gasteiger partial charge in [-0.2, -0.15) is 0 Å². The lowest BCUT2D eigenvalue weighted by molar-refractivity contribution is -0.141. The van der Waals surface area contributed by atoms with E-state index in [-0.39, 0.29) is 24.3 Å². The summed E-state index contributed by atoms with van der Waals surface area (Å²) in [6.45, 7) is 6.06. The van der Waals surface area contributed by atoms with Gasteiger partial charge in [0.15, 0.2) is 0 Å². The fourth-order valence-electron chi connectivity index (χ4n) is 6.12. The van der Waals surface area contributed by atoms with Crippen LogP contribution in [0.2, 0.25) is 5.02 Å². The van der Waals surface area contributed by atoms with Crippen molar-refractivity contribution in [1.82, 2.24) is 24.2 Å². The Balaban J connectivity index is 0.000000347. The molecule has 6 rings (SSSR count). The number of benzene rings is 1. The molecule has 3 unspecified atom stereocenters.